The Kier molecular flexibility index (Phi) is 1.95. The average Bonchev–Trinajstić information content (AvgIpc) is 2.67. The molecule has 1 aromatic carbocycles. The molecule has 1 aromatic rings. The molecule has 2 heterocycles. The van der Waals surface area contributed by atoms with E-state index in [9.17, 15) is 9.90 Å². The number of amides is 1. The third-order valence-electron chi connectivity index (χ3n) is 2.88. The van der Waals surface area contributed by atoms with Crippen LogP contribution in [0.4, 0.5) is 11.4 Å². The van der Waals surface area contributed by atoms with Crippen LogP contribution >= 0.6 is 0 Å². The number of aliphatic imine (C=N–C) groups is 1. The Balaban J connectivity index is 2.13. The van der Waals surface area contributed by atoms with Crippen LogP contribution in [0.15, 0.2) is 40.6 Å². The third kappa shape index (κ3) is 1.32. The fourth-order valence-electron chi connectivity index (χ4n) is 2.04. The van der Waals surface area contributed by atoms with Crippen molar-refractivity contribution in [1.82, 2.24) is 0 Å². The monoisotopic (exact) mass is 229 g/mol. The van der Waals surface area contributed by atoms with Crippen LogP contribution in [0.2, 0.25) is 0 Å². The van der Waals surface area contributed by atoms with Crippen molar-refractivity contribution in [3.63, 3.8) is 0 Å². The number of nitrogens with zero attached hydrogens (tertiary/aromatic N) is 2. The standard InChI is InChI=1S/C12H11N3O2/c1-7(16)8-6-13-12-14-9-4-2-3-5-10(9)15(12)11(8)17/h2-6,12,14,16H,1H3/b8-7+. The van der Waals surface area contributed by atoms with E-state index in [-0.39, 0.29) is 17.2 Å². The van der Waals surface area contributed by atoms with E-state index in [1.807, 2.05) is 24.3 Å². The van der Waals surface area contributed by atoms with Crippen molar-refractivity contribution < 1.29 is 9.90 Å². The lowest BCUT2D eigenvalue weighted by atomic mass is 10.2. The van der Waals surface area contributed by atoms with E-state index in [1.165, 1.54) is 13.1 Å². The number of aliphatic hydroxyl groups is 1. The highest BCUT2D eigenvalue weighted by molar-refractivity contribution is 6.22. The summed E-state index contributed by atoms with van der Waals surface area (Å²) in [7, 11) is 0. The molecule has 5 nitrogen and oxygen atoms in total. The summed E-state index contributed by atoms with van der Waals surface area (Å²) in [6.07, 6.45) is 1.01. The number of carbonyl (C=O) groups is 1. The average molecular weight is 229 g/mol. The van der Waals surface area contributed by atoms with E-state index in [2.05, 4.69) is 10.3 Å². The van der Waals surface area contributed by atoms with E-state index in [4.69, 9.17) is 0 Å². The summed E-state index contributed by atoms with van der Waals surface area (Å²) in [5.41, 5.74) is 1.90. The number of carbonyl (C=O) groups excluding carboxylic acids is 1. The van der Waals surface area contributed by atoms with E-state index in [1.54, 1.807) is 4.90 Å². The highest BCUT2D eigenvalue weighted by atomic mass is 16.3. The minimum absolute atomic E-state index is 0.0124. The van der Waals surface area contributed by atoms with Crippen LogP contribution in [-0.2, 0) is 4.79 Å². The maximum absolute atomic E-state index is 12.2. The van der Waals surface area contributed by atoms with Crippen molar-refractivity contribution in [3.8, 4) is 0 Å². The van der Waals surface area contributed by atoms with E-state index >= 15 is 0 Å². The topological polar surface area (TPSA) is 64.9 Å². The summed E-state index contributed by atoms with van der Waals surface area (Å²) in [5, 5.41) is 12.6. The van der Waals surface area contributed by atoms with Crippen molar-refractivity contribution in [2.75, 3.05) is 10.2 Å². The number of allylic oxidation sites excluding steroid dienone is 1. The first-order valence-corrected chi connectivity index (χ1v) is 5.30. The number of fused-ring (bicyclic) bond motifs is 3. The van der Waals surface area contributed by atoms with Gasteiger partial charge in [0.1, 0.15) is 5.76 Å². The summed E-state index contributed by atoms with van der Waals surface area (Å²) in [6, 6.07) is 7.51. The molecule has 0 bridgehead atoms. The van der Waals surface area contributed by atoms with Crippen LogP contribution in [0.3, 0.4) is 0 Å². The Labute approximate surface area is 98.1 Å². The third-order valence-corrected chi connectivity index (χ3v) is 2.88. The lowest BCUT2D eigenvalue weighted by Crippen LogP contribution is -2.43. The van der Waals surface area contributed by atoms with Crippen molar-refractivity contribution in [1.29, 1.82) is 0 Å². The largest absolute Gasteiger partial charge is 0.512 e. The van der Waals surface area contributed by atoms with E-state index in [0.717, 1.165) is 11.4 Å². The Morgan fingerprint density at radius 2 is 2.24 bits per heavy atom. The quantitative estimate of drug-likeness (QED) is 0.525. The fourth-order valence-corrected chi connectivity index (χ4v) is 2.04. The van der Waals surface area contributed by atoms with Gasteiger partial charge in [0.2, 0.25) is 6.29 Å². The van der Waals surface area contributed by atoms with E-state index in [0.29, 0.717) is 0 Å². The zero-order chi connectivity index (χ0) is 12.0. The summed E-state index contributed by atoms with van der Waals surface area (Å²) >= 11 is 0. The number of benzene rings is 1. The van der Waals surface area contributed by atoms with Crippen molar-refractivity contribution in [3.05, 3.63) is 35.6 Å². The first kappa shape index (κ1) is 9.89. The summed E-state index contributed by atoms with van der Waals surface area (Å²) in [6.45, 7) is 1.48. The molecule has 5 heteroatoms. The molecule has 0 spiro atoms. The van der Waals surface area contributed by atoms with Gasteiger partial charge in [-0.1, -0.05) is 12.1 Å². The Morgan fingerprint density at radius 3 is 3.00 bits per heavy atom. The molecule has 86 valence electrons. The molecule has 0 saturated heterocycles. The highest BCUT2D eigenvalue weighted by Gasteiger charge is 2.37. The van der Waals surface area contributed by atoms with Gasteiger partial charge in [0, 0.05) is 6.21 Å². The van der Waals surface area contributed by atoms with Gasteiger partial charge < -0.3 is 10.4 Å². The number of nitrogens with one attached hydrogen (secondary N) is 1. The number of anilines is 2. The van der Waals surface area contributed by atoms with Gasteiger partial charge in [0.15, 0.2) is 0 Å². The minimum atomic E-state index is -0.400. The number of aliphatic hydroxyl groups excluding tert-OH is 1. The first-order chi connectivity index (χ1) is 8.18. The van der Waals surface area contributed by atoms with Crippen LogP contribution < -0.4 is 10.2 Å². The second-order valence-corrected chi connectivity index (χ2v) is 3.99. The zero-order valence-electron chi connectivity index (χ0n) is 9.21. The second-order valence-electron chi connectivity index (χ2n) is 3.99. The van der Waals surface area contributed by atoms with Crippen LogP contribution in [0, 0.1) is 0 Å². The van der Waals surface area contributed by atoms with Crippen LogP contribution in [-0.4, -0.2) is 23.5 Å². The van der Waals surface area contributed by atoms with Crippen molar-refractivity contribution in [2.45, 2.75) is 13.2 Å². The molecular weight excluding hydrogens is 218 g/mol. The van der Waals surface area contributed by atoms with Gasteiger partial charge >= 0.3 is 0 Å². The summed E-state index contributed by atoms with van der Waals surface area (Å²) < 4.78 is 0. The minimum Gasteiger partial charge on any atom is -0.512 e. The Morgan fingerprint density at radius 1 is 1.47 bits per heavy atom. The molecule has 1 atom stereocenters. The molecule has 1 amide bonds. The van der Waals surface area contributed by atoms with Gasteiger partial charge in [0.25, 0.3) is 5.91 Å². The van der Waals surface area contributed by atoms with Crippen LogP contribution in [0.25, 0.3) is 0 Å². The van der Waals surface area contributed by atoms with Crippen molar-refractivity contribution >= 4 is 23.5 Å². The summed E-state index contributed by atoms with van der Waals surface area (Å²) in [5.74, 6) is -0.246. The Bertz CT molecular complexity index is 559. The van der Waals surface area contributed by atoms with E-state index < -0.39 is 6.29 Å². The molecule has 0 saturated carbocycles. The second kappa shape index (κ2) is 3.35. The smallest absolute Gasteiger partial charge is 0.266 e. The lowest BCUT2D eigenvalue weighted by Gasteiger charge is -2.25. The van der Waals surface area contributed by atoms with Gasteiger partial charge in [-0.25, -0.2) is 4.99 Å². The molecule has 2 aliphatic heterocycles. The molecule has 2 N–H and O–H groups in total. The van der Waals surface area contributed by atoms with Gasteiger partial charge in [0.05, 0.1) is 16.9 Å². The predicted molar refractivity (Wildman–Crippen MR) is 65.2 cm³/mol. The molecule has 0 radical (unpaired) electrons. The number of rotatable bonds is 0. The van der Waals surface area contributed by atoms with Crippen molar-refractivity contribution in [2.24, 2.45) is 4.99 Å². The molecule has 3 rings (SSSR count). The molecule has 0 aromatic heterocycles. The molecular formula is C12H11N3O2. The maximum Gasteiger partial charge on any atom is 0.266 e. The molecule has 0 fully saturated rings. The Hall–Kier alpha value is -2.30. The molecule has 1 unspecified atom stereocenters. The SMILES string of the molecule is C/C(O)=C1/C=NC2Nc3ccccc3N2C1=O. The van der Waals surface area contributed by atoms with Gasteiger partial charge in [-0.2, -0.15) is 0 Å². The fraction of sp³-hybridized carbons (Fsp3) is 0.167. The highest BCUT2D eigenvalue weighted by Crippen LogP contribution is 2.36. The van der Waals surface area contributed by atoms with Gasteiger partial charge in [-0.15, -0.1) is 0 Å². The lowest BCUT2D eigenvalue weighted by molar-refractivity contribution is -0.115. The van der Waals surface area contributed by atoms with Gasteiger partial charge in [-0.3, -0.25) is 9.69 Å². The zero-order valence-corrected chi connectivity index (χ0v) is 9.21. The molecule has 0 aliphatic carbocycles. The van der Waals surface area contributed by atoms with Crippen LogP contribution in [0.5, 0.6) is 0 Å². The first-order valence-electron chi connectivity index (χ1n) is 5.30. The number of hydrogen-bond donors (Lipinski definition) is 2. The molecule has 17 heavy (non-hydrogen) atoms. The van der Waals surface area contributed by atoms with Crippen LogP contribution in [0.1, 0.15) is 6.92 Å². The predicted octanol–water partition coefficient (Wildman–Crippen LogP) is 1.65. The summed E-state index contributed by atoms with van der Waals surface area (Å²) in [4.78, 5) is 17.9. The van der Waals surface area contributed by atoms with Gasteiger partial charge in [-0.05, 0) is 19.1 Å². The number of hydrogen-bond acceptors (Lipinski definition) is 4. The number of para-hydroxylation sites is 2. The normalized spacial score (nSPS) is 24.2. The molecule has 2 aliphatic rings. The maximum atomic E-state index is 12.2.